The van der Waals surface area contributed by atoms with Crippen LogP contribution in [0.1, 0.15) is 22.9 Å². The first kappa shape index (κ1) is 15.2. The number of esters is 1. The van der Waals surface area contributed by atoms with Crippen LogP contribution in [0.15, 0.2) is 48.5 Å². The molecule has 2 unspecified atom stereocenters. The Bertz CT molecular complexity index is 904. The van der Waals surface area contributed by atoms with E-state index in [1.165, 1.54) is 7.11 Å². The minimum Gasteiger partial charge on any atom is -0.468 e. The van der Waals surface area contributed by atoms with Crippen LogP contribution in [0, 0.1) is 0 Å². The van der Waals surface area contributed by atoms with Gasteiger partial charge in [0.1, 0.15) is 6.04 Å². The van der Waals surface area contributed by atoms with E-state index in [0.29, 0.717) is 11.4 Å². The second kappa shape index (κ2) is 5.96. The van der Waals surface area contributed by atoms with Crippen molar-refractivity contribution in [2.45, 2.75) is 18.5 Å². The smallest absolute Gasteiger partial charge is 0.323 e. The highest BCUT2D eigenvalue weighted by Crippen LogP contribution is 2.36. The maximum Gasteiger partial charge on any atom is 0.323 e. The number of hydrogen-bond donors (Lipinski definition) is 2. The van der Waals surface area contributed by atoms with E-state index in [1.54, 1.807) is 0 Å². The number of fused-ring (bicyclic) bond motifs is 3. The number of H-pyrrole nitrogens is 1. The Hall–Kier alpha value is -2.30. The molecular weight excluding hydrogens is 324 g/mol. The standard InChI is InChI=1S/C19H17ClN2O2/c1-24-19(23)16-10-14-13-9-12(20)7-8-15(13)21-18(14)17(22-16)11-5-3-2-4-6-11/h2-9,16-17,21-22H,10H2,1H3. The summed E-state index contributed by atoms with van der Waals surface area (Å²) in [7, 11) is 1.42. The van der Waals surface area contributed by atoms with E-state index in [2.05, 4.69) is 22.4 Å². The zero-order valence-electron chi connectivity index (χ0n) is 13.2. The van der Waals surface area contributed by atoms with Crippen LogP contribution in [0.3, 0.4) is 0 Å². The number of aromatic nitrogens is 1. The second-order valence-corrected chi connectivity index (χ2v) is 6.43. The molecule has 0 fully saturated rings. The lowest BCUT2D eigenvalue weighted by Crippen LogP contribution is -2.45. The SMILES string of the molecule is COC(=O)C1Cc2c([nH]c3ccc(Cl)cc23)C(c2ccccc2)N1. The van der Waals surface area contributed by atoms with Gasteiger partial charge in [-0.1, -0.05) is 41.9 Å². The monoisotopic (exact) mass is 340 g/mol. The zero-order valence-corrected chi connectivity index (χ0v) is 13.9. The molecule has 0 radical (unpaired) electrons. The van der Waals surface area contributed by atoms with E-state index in [0.717, 1.165) is 27.7 Å². The van der Waals surface area contributed by atoms with Gasteiger partial charge in [0.15, 0.2) is 0 Å². The summed E-state index contributed by atoms with van der Waals surface area (Å²) in [5.74, 6) is -0.252. The third kappa shape index (κ3) is 2.48. The number of halogens is 1. The molecule has 2 N–H and O–H groups in total. The van der Waals surface area contributed by atoms with Crippen LogP contribution in [0.2, 0.25) is 5.02 Å². The number of methoxy groups -OCH3 is 1. The van der Waals surface area contributed by atoms with Gasteiger partial charge in [-0.15, -0.1) is 0 Å². The number of benzene rings is 2. The van der Waals surface area contributed by atoms with Gasteiger partial charge < -0.3 is 9.72 Å². The van der Waals surface area contributed by atoms with Gasteiger partial charge in [0, 0.05) is 28.0 Å². The summed E-state index contributed by atoms with van der Waals surface area (Å²) in [5.41, 5.74) is 4.33. The van der Waals surface area contributed by atoms with Gasteiger partial charge in [-0.05, 0) is 29.3 Å². The largest absolute Gasteiger partial charge is 0.468 e. The summed E-state index contributed by atoms with van der Waals surface area (Å²) in [6.45, 7) is 0. The zero-order chi connectivity index (χ0) is 16.7. The molecule has 1 aliphatic heterocycles. The van der Waals surface area contributed by atoms with Crippen molar-refractivity contribution in [1.82, 2.24) is 10.3 Å². The van der Waals surface area contributed by atoms with Gasteiger partial charge in [0.05, 0.1) is 13.2 Å². The van der Waals surface area contributed by atoms with Crippen molar-refractivity contribution in [3.8, 4) is 0 Å². The molecule has 1 aliphatic rings. The molecule has 2 aromatic carbocycles. The molecule has 4 rings (SSSR count). The minimum absolute atomic E-state index is 0.0924. The van der Waals surface area contributed by atoms with Crippen molar-refractivity contribution in [2.24, 2.45) is 0 Å². The average molecular weight is 341 g/mol. The quantitative estimate of drug-likeness (QED) is 0.701. The Balaban J connectivity index is 1.89. The molecule has 5 heteroatoms. The maximum atomic E-state index is 12.2. The molecule has 0 bridgehead atoms. The molecule has 4 nitrogen and oxygen atoms in total. The molecule has 24 heavy (non-hydrogen) atoms. The highest BCUT2D eigenvalue weighted by Gasteiger charge is 2.34. The molecular formula is C19H17ClN2O2. The Morgan fingerprint density at radius 3 is 2.75 bits per heavy atom. The lowest BCUT2D eigenvalue weighted by atomic mass is 9.90. The highest BCUT2D eigenvalue weighted by atomic mass is 35.5. The summed E-state index contributed by atoms with van der Waals surface area (Å²) >= 11 is 6.18. The van der Waals surface area contributed by atoms with E-state index in [-0.39, 0.29) is 18.1 Å². The second-order valence-electron chi connectivity index (χ2n) is 6.00. The van der Waals surface area contributed by atoms with E-state index >= 15 is 0 Å². The Labute approximate surface area is 144 Å². The van der Waals surface area contributed by atoms with E-state index in [1.807, 2.05) is 36.4 Å². The molecule has 0 saturated heterocycles. The normalized spacial score (nSPS) is 19.9. The van der Waals surface area contributed by atoms with Gasteiger partial charge in [-0.2, -0.15) is 0 Å². The Morgan fingerprint density at radius 1 is 1.21 bits per heavy atom. The lowest BCUT2D eigenvalue weighted by molar-refractivity contribution is -0.143. The fourth-order valence-corrected chi connectivity index (χ4v) is 3.63. The number of rotatable bonds is 2. The van der Waals surface area contributed by atoms with E-state index in [9.17, 15) is 4.79 Å². The lowest BCUT2D eigenvalue weighted by Gasteiger charge is -2.30. The van der Waals surface area contributed by atoms with Crippen LogP contribution in [-0.2, 0) is 16.0 Å². The molecule has 0 aliphatic carbocycles. The number of aromatic amines is 1. The minimum atomic E-state index is -0.384. The molecule has 122 valence electrons. The number of ether oxygens (including phenoxy) is 1. The fraction of sp³-hybridized carbons (Fsp3) is 0.211. The molecule has 2 atom stereocenters. The fourth-order valence-electron chi connectivity index (χ4n) is 3.46. The predicted octanol–water partition coefficient (Wildman–Crippen LogP) is 3.60. The van der Waals surface area contributed by atoms with Crippen molar-refractivity contribution in [1.29, 1.82) is 0 Å². The molecule has 3 aromatic rings. The molecule has 0 amide bonds. The summed E-state index contributed by atoms with van der Waals surface area (Å²) in [5, 5.41) is 5.17. The van der Waals surface area contributed by atoms with Gasteiger partial charge in [-0.3, -0.25) is 10.1 Å². The summed E-state index contributed by atoms with van der Waals surface area (Å²) < 4.78 is 4.96. The highest BCUT2D eigenvalue weighted by molar-refractivity contribution is 6.31. The van der Waals surface area contributed by atoms with Crippen molar-refractivity contribution >= 4 is 28.5 Å². The summed E-state index contributed by atoms with van der Waals surface area (Å²) in [6.07, 6.45) is 0.575. The molecule has 1 aromatic heterocycles. The van der Waals surface area contributed by atoms with Gasteiger partial charge in [0.2, 0.25) is 0 Å². The first-order valence-corrected chi connectivity index (χ1v) is 8.24. The van der Waals surface area contributed by atoms with E-state index in [4.69, 9.17) is 16.3 Å². The number of carbonyl (C=O) groups is 1. The predicted molar refractivity (Wildman–Crippen MR) is 94.2 cm³/mol. The van der Waals surface area contributed by atoms with Crippen LogP contribution in [0.4, 0.5) is 0 Å². The maximum absolute atomic E-state index is 12.2. The first-order valence-electron chi connectivity index (χ1n) is 7.86. The summed E-state index contributed by atoms with van der Waals surface area (Å²) in [4.78, 5) is 15.7. The van der Waals surface area contributed by atoms with Crippen LogP contribution >= 0.6 is 11.6 Å². The van der Waals surface area contributed by atoms with E-state index < -0.39 is 0 Å². The molecule has 0 spiro atoms. The van der Waals surface area contributed by atoms with Crippen molar-refractivity contribution in [3.63, 3.8) is 0 Å². The summed E-state index contributed by atoms with van der Waals surface area (Å²) in [6, 6.07) is 15.4. The van der Waals surface area contributed by atoms with Crippen LogP contribution < -0.4 is 5.32 Å². The molecule has 2 heterocycles. The van der Waals surface area contributed by atoms with Gasteiger partial charge in [0.25, 0.3) is 0 Å². The van der Waals surface area contributed by atoms with Crippen LogP contribution in [0.5, 0.6) is 0 Å². The van der Waals surface area contributed by atoms with Crippen molar-refractivity contribution in [3.05, 3.63) is 70.4 Å². The first-order chi connectivity index (χ1) is 11.7. The van der Waals surface area contributed by atoms with Crippen molar-refractivity contribution < 1.29 is 9.53 Å². The topological polar surface area (TPSA) is 54.1 Å². The Morgan fingerprint density at radius 2 is 2.00 bits per heavy atom. The van der Waals surface area contributed by atoms with Gasteiger partial charge in [-0.25, -0.2) is 0 Å². The third-order valence-electron chi connectivity index (χ3n) is 4.58. The number of carbonyl (C=O) groups excluding carboxylic acids is 1. The van der Waals surface area contributed by atoms with Crippen LogP contribution in [0.25, 0.3) is 10.9 Å². The van der Waals surface area contributed by atoms with Crippen LogP contribution in [-0.4, -0.2) is 24.1 Å². The third-order valence-corrected chi connectivity index (χ3v) is 4.82. The number of nitrogens with one attached hydrogen (secondary N) is 2. The van der Waals surface area contributed by atoms with Crippen molar-refractivity contribution in [2.75, 3.05) is 7.11 Å². The molecule has 0 saturated carbocycles. The Kier molecular flexibility index (Phi) is 3.79. The van der Waals surface area contributed by atoms with Gasteiger partial charge >= 0.3 is 5.97 Å². The number of hydrogen-bond acceptors (Lipinski definition) is 3. The average Bonchev–Trinajstić information content (AvgIpc) is 2.99.